The third-order valence-electron chi connectivity index (χ3n) is 5.20. The zero-order chi connectivity index (χ0) is 15.1. The Hall–Kier alpha value is -0.730. The Kier molecular flexibility index (Phi) is 3.96. The Bertz CT molecular complexity index is 540. The van der Waals surface area contributed by atoms with E-state index in [2.05, 4.69) is 19.9 Å². The molecule has 1 aromatic carbocycles. The van der Waals surface area contributed by atoms with Crippen molar-refractivity contribution >= 4 is 11.6 Å². The van der Waals surface area contributed by atoms with Crippen LogP contribution in [0.4, 0.5) is 0 Å². The van der Waals surface area contributed by atoms with E-state index < -0.39 is 0 Å². The third-order valence-corrected chi connectivity index (χ3v) is 5.41. The molecule has 1 atom stereocenters. The molecular formula is C18H26ClNO. The van der Waals surface area contributed by atoms with Crippen molar-refractivity contribution in [3.63, 3.8) is 0 Å². The molecule has 0 spiro atoms. The van der Waals surface area contributed by atoms with Crippen molar-refractivity contribution in [2.45, 2.75) is 64.3 Å². The van der Waals surface area contributed by atoms with Crippen molar-refractivity contribution in [3.05, 3.63) is 28.3 Å². The van der Waals surface area contributed by atoms with Gasteiger partial charge in [-0.05, 0) is 60.8 Å². The first-order valence-corrected chi connectivity index (χ1v) is 8.48. The molecule has 3 rings (SSSR count). The highest BCUT2D eigenvalue weighted by molar-refractivity contribution is 6.30. The van der Waals surface area contributed by atoms with Crippen LogP contribution in [0.25, 0.3) is 0 Å². The van der Waals surface area contributed by atoms with Crippen LogP contribution < -0.4 is 10.5 Å². The molecule has 1 fully saturated rings. The van der Waals surface area contributed by atoms with Gasteiger partial charge in [0.05, 0.1) is 6.61 Å². The van der Waals surface area contributed by atoms with Crippen LogP contribution in [0.3, 0.4) is 0 Å². The maximum absolute atomic E-state index is 6.76. The topological polar surface area (TPSA) is 35.2 Å². The third kappa shape index (κ3) is 3.37. The van der Waals surface area contributed by atoms with Crippen LogP contribution >= 0.6 is 11.6 Å². The summed E-state index contributed by atoms with van der Waals surface area (Å²) in [6.07, 6.45) is 7.72. The Morgan fingerprint density at radius 2 is 2.00 bits per heavy atom. The molecule has 3 heteroatoms. The summed E-state index contributed by atoms with van der Waals surface area (Å²) in [6, 6.07) is 4.09. The number of ether oxygens (including phenoxy) is 1. The van der Waals surface area contributed by atoms with E-state index in [0.29, 0.717) is 5.41 Å². The molecule has 1 heterocycles. The minimum Gasteiger partial charge on any atom is -0.493 e. The minimum atomic E-state index is -0.113. The molecule has 2 N–H and O–H groups in total. The van der Waals surface area contributed by atoms with Gasteiger partial charge in [0, 0.05) is 17.0 Å². The van der Waals surface area contributed by atoms with Gasteiger partial charge in [-0.3, -0.25) is 0 Å². The summed E-state index contributed by atoms with van der Waals surface area (Å²) in [5, 5.41) is 0.812. The van der Waals surface area contributed by atoms with Gasteiger partial charge >= 0.3 is 0 Å². The van der Waals surface area contributed by atoms with E-state index in [1.165, 1.54) is 30.4 Å². The molecule has 0 radical (unpaired) electrons. The molecule has 0 aromatic heterocycles. The van der Waals surface area contributed by atoms with Gasteiger partial charge in [0.2, 0.25) is 0 Å². The van der Waals surface area contributed by atoms with Crippen LogP contribution in [-0.4, -0.2) is 12.1 Å². The Morgan fingerprint density at radius 3 is 2.81 bits per heavy atom. The summed E-state index contributed by atoms with van der Waals surface area (Å²) < 4.78 is 5.83. The van der Waals surface area contributed by atoms with Gasteiger partial charge in [-0.1, -0.05) is 31.9 Å². The van der Waals surface area contributed by atoms with E-state index in [9.17, 15) is 0 Å². The van der Waals surface area contributed by atoms with Gasteiger partial charge in [-0.2, -0.15) is 0 Å². The average Bonchev–Trinajstić information content (AvgIpc) is 2.79. The Balaban J connectivity index is 1.83. The van der Waals surface area contributed by atoms with E-state index in [-0.39, 0.29) is 5.54 Å². The van der Waals surface area contributed by atoms with Crippen LogP contribution in [0.2, 0.25) is 5.02 Å². The highest BCUT2D eigenvalue weighted by Gasteiger charge is 2.34. The zero-order valence-corrected chi connectivity index (χ0v) is 13.9. The standard InChI is InChI=1S/C18H26ClNO/c1-17(2)5-3-6-18(20,8-7-17)12-14-11-15(19)10-13-4-9-21-16(13)14/h10-11H,3-9,12,20H2,1-2H3. The van der Waals surface area contributed by atoms with Crippen LogP contribution in [0.15, 0.2) is 12.1 Å². The lowest BCUT2D eigenvalue weighted by molar-refractivity contribution is 0.295. The molecule has 1 saturated carbocycles. The van der Waals surface area contributed by atoms with Gasteiger partial charge in [-0.25, -0.2) is 0 Å². The molecule has 0 amide bonds. The predicted molar refractivity (Wildman–Crippen MR) is 88.1 cm³/mol. The summed E-state index contributed by atoms with van der Waals surface area (Å²) in [4.78, 5) is 0. The van der Waals surface area contributed by atoms with Crippen LogP contribution in [0.1, 0.15) is 57.1 Å². The van der Waals surface area contributed by atoms with Crippen molar-refractivity contribution < 1.29 is 4.74 Å². The molecule has 1 aliphatic heterocycles. The quantitative estimate of drug-likeness (QED) is 0.816. The fraction of sp³-hybridized carbons (Fsp3) is 0.667. The number of nitrogens with two attached hydrogens (primary N) is 1. The number of hydrogen-bond donors (Lipinski definition) is 1. The number of halogens is 1. The Morgan fingerprint density at radius 1 is 1.19 bits per heavy atom. The second-order valence-electron chi connectivity index (χ2n) is 7.71. The molecule has 2 aliphatic rings. The molecule has 1 unspecified atom stereocenters. The molecule has 1 aliphatic carbocycles. The van der Waals surface area contributed by atoms with Gasteiger partial charge < -0.3 is 10.5 Å². The van der Waals surface area contributed by atoms with Gasteiger partial charge in [0.15, 0.2) is 0 Å². The summed E-state index contributed by atoms with van der Waals surface area (Å²) in [7, 11) is 0. The molecule has 0 saturated heterocycles. The smallest absolute Gasteiger partial charge is 0.125 e. The van der Waals surface area contributed by atoms with Gasteiger partial charge in [-0.15, -0.1) is 0 Å². The molecule has 116 valence electrons. The van der Waals surface area contributed by atoms with Crippen molar-refractivity contribution in [2.75, 3.05) is 6.61 Å². The van der Waals surface area contributed by atoms with Crippen molar-refractivity contribution in [3.8, 4) is 5.75 Å². The van der Waals surface area contributed by atoms with E-state index in [0.717, 1.165) is 43.1 Å². The summed E-state index contributed by atoms with van der Waals surface area (Å²) in [5.74, 6) is 1.05. The predicted octanol–water partition coefficient (Wildman–Crippen LogP) is 4.51. The largest absolute Gasteiger partial charge is 0.493 e. The first-order valence-electron chi connectivity index (χ1n) is 8.10. The molecule has 0 bridgehead atoms. The number of rotatable bonds is 2. The maximum atomic E-state index is 6.76. The fourth-order valence-corrected chi connectivity index (χ4v) is 4.05. The highest BCUT2D eigenvalue weighted by atomic mass is 35.5. The van der Waals surface area contributed by atoms with E-state index in [4.69, 9.17) is 22.1 Å². The first-order chi connectivity index (χ1) is 9.87. The minimum absolute atomic E-state index is 0.113. The lowest BCUT2D eigenvalue weighted by Gasteiger charge is -2.30. The Labute approximate surface area is 133 Å². The van der Waals surface area contributed by atoms with Crippen LogP contribution in [0, 0.1) is 5.41 Å². The zero-order valence-electron chi connectivity index (χ0n) is 13.2. The van der Waals surface area contributed by atoms with E-state index in [1.54, 1.807) is 0 Å². The highest BCUT2D eigenvalue weighted by Crippen LogP contribution is 2.41. The monoisotopic (exact) mass is 307 g/mol. The second-order valence-corrected chi connectivity index (χ2v) is 8.14. The van der Waals surface area contributed by atoms with E-state index in [1.807, 2.05) is 6.07 Å². The summed E-state index contributed by atoms with van der Waals surface area (Å²) in [5.41, 5.74) is 9.52. The van der Waals surface area contributed by atoms with Crippen molar-refractivity contribution in [1.82, 2.24) is 0 Å². The second kappa shape index (κ2) is 5.48. The number of benzene rings is 1. The van der Waals surface area contributed by atoms with Crippen molar-refractivity contribution in [2.24, 2.45) is 11.1 Å². The normalized spacial score (nSPS) is 27.8. The van der Waals surface area contributed by atoms with Crippen molar-refractivity contribution in [1.29, 1.82) is 0 Å². The average molecular weight is 308 g/mol. The number of fused-ring (bicyclic) bond motifs is 1. The fourth-order valence-electron chi connectivity index (χ4n) is 3.79. The molecule has 2 nitrogen and oxygen atoms in total. The summed E-state index contributed by atoms with van der Waals surface area (Å²) in [6.45, 7) is 5.49. The van der Waals surface area contributed by atoms with Crippen LogP contribution in [-0.2, 0) is 12.8 Å². The first kappa shape index (κ1) is 15.2. The van der Waals surface area contributed by atoms with Gasteiger partial charge in [0.1, 0.15) is 5.75 Å². The number of hydrogen-bond acceptors (Lipinski definition) is 2. The molecule has 1 aromatic rings. The maximum Gasteiger partial charge on any atom is 0.125 e. The molecular weight excluding hydrogens is 282 g/mol. The van der Waals surface area contributed by atoms with Crippen LogP contribution in [0.5, 0.6) is 5.75 Å². The lowest BCUT2D eigenvalue weighted by atomic mass is 9.81. The SMILES string of the molecule is CC1(C)CCCC(N)(Cc2cc(Cl)cc3c2OCC3)CC1. The summed E-state index contributed by atoms with van der Waals surface area (Å²) >= 11 is 6.27. The molecule has 21 heavy (non-hydrogen) atoms. The lowest BCUT2D eigenvalue weighted by Crippen LogP contribution is -2.41. The van der Waals surface area contributed by atoms with E-state index >= 15 is 0 Å². The van der Waals surface area contributed by atoms with Gasteiger partial charge in [0.25, 0.3) is 0 Å².